The van der Waals surface area contributed by atoms with Gasteiger partial charge in [0, 0.05) is 107 Å². The fraction of sp³-hybridized carbons (Fsp3) is 0.157. The van der Waals surface area contributed by atoms with Gasteiger partial charge >= 0.3 is 11.9 Å². The van der Waals surface area contributed by atoms with Crippen LogP contribution < -0.4 is 32.5 Å². The molecule has 0 atom stereocenters. The number of carbonyl (C=O) groups excluding carboxylic acids is 11. The van der Waals surface area contributed by atoms with Gasteiger partial charge in [-0.25, -0.2) is 26.1 Å². The lowest BCUT2D eigenvalue weighted by molar-refractivity contribution is -0.134. The van der Waals surface area contributed by atoms with Gasteiger partial charge in [0.15, 0.2) is 11.4 Å². The predicted molar refractivity (Wildman–Crippen MR) is 510 cm³/mol. The quantitative estimate of drug-likeness (QED) is 0.00242. The molecule has 2 aliphatic rings. The second-order valence-corrected chi connectivity index (χ2v) is 27.6. The molecule has 12 aromatic rings. The number of nitrogens with one attached hydrogen (secondary N) is 7. The number of terminal acetylenes is 4. The van der Waals surface area contributed by atoms with Crippen molar-refractivity contribution in [3.63, 3.8) is 0 Å². The van der Waals surface area contributed by atoms with Crippen molar-refractivity contribution in [2.75, 3.05) is 52.5 Å². The van der Waals surface area contributed by atoms with E-state index in [1.807, 2.05) is 188 Å². The van der Waals surface area contributed by atoms with Crippen LogP contribution in [0.5, 0.6) is 0 Å². The fourth-order valence-electron chi connectivity index (χ4n) is 11.5. The topological polar surface area (TPSA) is 468 Å². The third-order valence-corrected chi connectivity index (χ3v) is 18.2. The number of aliphatic hydroxyl groups excluding tert-OH is 1. The zero-order chi connectivity index (χ0) is 97.8. The Bertz CT molecular complexity index is 5990. The van der Waals surface area contributed by atoms with Crippen molar-refractivity contribution in [2.24, 2.45) is 10.9 Å². The molecule has 0 fully saturated rings. The molecule has 0 saturated heterocycles. The number of aromatic nitrogens is 2. The average molecular weight is 1850 g/mol. The molecule has 0 saturated carbocycles. The van der Waals surface area contributed by atoms with Gasteiger partial charge in [-0.1, -0.05) is 227 Å². The maximum atomic E-state index is 12.4. The molecule has 2 aliphatic heterocycles. The van der Waals surface area contributed by atoms with Crippen LogP contribution in [0.25, 0.3) is 44.5 Å². The molecule has 0 spiro atoms. The molecule has 2 aromatic heterocycles. The Morgan fingerprint density at radius 2 is 0.799 bits per heavy atom. The first kappa shape index (κ1) is 108. The van der Waals surface area contributed by atoms with Crippen LogP contribution in [-0.4, -0.2) is 153 Å². The Kier molecular flexibility index (Phi) is 49.5. The van der Waals surface area contributed by atoms with E-state index >= 15 is 0 Å². The van der Waals surface area contributed by atoms with Crippen molar-refractivity contribution >= 4 is 92.8 Å². The van der Waals surface area contributed by atoms with Crippen LogP contribution in [0.2, 0.25) is 0 Å². The minimum Gasteiger partial charge on any atom is -0.461 e. The molecule has 134 heavy (non-hydrogen) atoms. The van der Waals surface area contributed by atoms with Gasteiger partial charge in [-0.15, -0.1) is 49.4 Å². The molecule has 0 aliphatic carbocycles. The van der Waals surface area contributed by atoms with Gasteiger partial charge in [0.2, 0.25) is 0 Å². The van der Waals surface area contributed by atoms with Crippen LogP contribution in [0.3, 0.4) is 0 Å². The molecule has 688 valence electrons. The van der Waals surface area contributed by atoms with E-state index in [4.69, 9.17) is 95.0 Å². The van der Waals surface area contributed by atoms with Crippen LogP contribution in [0.4, 0.5) is 0 Å². The molecular weight excluding hydrogens is 1750 g/mol. The van der Waals surface area contributed by atoms with Gasteiger partial charge in [-0.3, -0.25) is 58.6 Å². The first-order chi connectivity index (χ1) is 65.0. The Labute approximate surface area is 785 Å². The van der Waals surface area contributed by atoms with Crippen molar-refractivity contribution in [1.29, 1.82) is 11.1 Å². The monoisotopic (exact) mass is 1850 g/mol. The van der Waals surface area contributed by atoms with Gasteiger partial charge in [0.05, 0.1) is 42.1 Å². The lowest BCUT2D eigenvalue weighted by Gasteiger charge is -2.10. The smallest absolute Gasteiger partial charge is 0.372 e. The molecule has 10 aromatic carbocycles. The molecule has 0 bridgehead atoms. The Hall–Kier alpha value is -16.8. The number of amides is 8. The van der Waals surface area contributed by atoms with E-state index in [1.54, 1.807) is 92.7 Å². The first-order valence-corrected chi connectivity index (χ1v) is 41.7. The standard InChI is InChI=1S/C21H20N2O4.C19H17N3O4.C17H15NO.C13H9ClO.C12H9NO2.C8H5NO2.C4H6ClNO3.C4H7N.C4H6O.H2N2.H2/c1-2-26-21(25)19-14-18(27-23-19)11-12-22-20(24)17-10-6-9-16(13-17)15-7-4-3-5-8-15;23-18(20-10-9-16-12-17(22-26-16)19(24)21-25)15-8-4-7-14(11-15)13-5-2-1-3-6-13;1-2-3-12-18-17(19)16-11-7-10-15(13-16)14-8-5-4-6-9-14;14-13(15)12-8-4-7-11(9-12)10-5-2-1-3-6-10;1-2-3-8-13-11(14)9-6-4-5-7-10(9)12(13)15;10-7-5-3-1-2-4-6(5)8(11)9-7;1-2-9-4(7)3(5)6-8;2*1-2-3-4-5;1-2;/h3-10,13-14H,2,11-12H2,1H3,(H,22,24);1-8,11-12,25H,9-10H2,(H,20,23)(H,21,24);1,4-11,13H,3,12H2,(H,18,19);1-9H;1,4-7H,3,8H2;1-4H,(H,9,10,11);8H,2H2,1H3;1H,3-5H2;1,5H,3-4H2;1-2H;1H/b;;;;;;6-3-;;;;. The largest absolute Gasteiger partial charge is 0.461 e. The number of rotatable bonds is 25. The molecule has 0 unspecified atom stereocenters. The summed E-state index contributed by atoms with van der Waals surface area (Å²) in [5.74, 6) is 6.88. The summed E-state index contributed by atoms with van der Waals surface area (Å²) >= 11 is 10.4. The van der Waals surface area contributed by atoms with Gasteiger partial charge < -0.3 is 50.5 Å². The van der Waals surface area contributed by atoms with Crippen molar-refractivity contribution < 1.29 is 88.2 Å². The summed E-state index contributed by atoms with van der Waals surface area (Å²) < 4.78 is 19.3. The predicted octanol–water partition coefficient (Wildman–Crippen LogP) is 16.0. The van der Waals surface area contributed by atoms with Gasteiger partial charge in [0.25, 0.3) is 57.7 Å². The maximum Gasteiger partial charge on any atom is 0.372 e. The minimum atomic E-state index is -0.818. The second-order valence-electron chi connectivity index (χ2n) is 26.9. The number of imide groups is 2. The zero-order valence-corrected chi connectivity index (χ0v) is 74.4. The molecule has 8 amide bonds. The number of nitrogens with zero attached hydrogens (tertiary/aromatic N) is 4. The molecule has 4 heterocycles. The minimum absolute atomic E-state index is 0. The number of nitrogens with two attached hydrogens (primary N) is 1. The Morgan fingerprint density at radius 1 is 0.455 bits per heavy atom. The van der Waals surface area contributed by atoms with Crippen LogP contribution in [-0.2, 0) is 27.1 Å². The van der Waals surface area contributed by atoms with E-state index < -0.39 is 28.3 Å². The lowest BCUT2D eigenvalue weighted by Crippen LogP contribution is -2.30. The second kappa shape index (κ2) is 61.6. The van der Waals surface area contributed by atoms with E-state index in [0.29, 0.717) is 127 Å². The Balaban J connectivity index is 0.000000329. The third kappa shape index (κ3) is 36.7. The number of aliphatic hydroxyl groups is 1. The summed E-state index contributed by atoms with van der Waals surface area (Å²) in [4.78, 5) is 127. The highest BCUT2D eigenvalue weighted by molar-refractivity contribution is 6.81. The van der Waals surface area contributed by atoms with E-state index in [1.165, 1.54) is 22.5 Å². The number of carbonyl (C=O) groups is 11. The first-order valence-electron chi connectivity index (χ1n) is 41.0. The van der Waals surface area contributed by atoms with Crippen molar-refractivity contribution in [2.45, 2.75) is 52.4 Å². The Morgan fingerprint density at radius 3 is 1.13 bits per heavy atom. The average Bonchev–Trinajstić information content (AvgIpc) is 1.65. The molecule has 30 nitrogen and oxygen atoms in total. The summed E-state index contributed by atoms with van der Waals surface area (Å²) in [5, 5.41) is 43.6. The number of oxime groups is 1. The summed E-state index contributed by atoms with van der Waals surface area (Å²) in [6.45, 7) is 6.04. The number of hydrogen-bond acceptors (Lipinski definition) is 24. The SMILES string of the molecule is C#CCCN.C#CCCN1C(=O)c2ccccc2C1=O.C#CCCNC(=O)c1cccc(-c2ccccc2)c1.C#CCCO.CCOC(=O)/C(Cl)=N/O.CCOC(=O)c1cc(CCNC(=O)c2cccc(-c3ccccc3)c2)on1.N=N.O=C(Cl)c1cccc(-c2ccccc2)c1.O=C(NCCc1cc(C(=O)NO)no1)c1cccc(-c2ccccc2)c1.O=C1NC(=O)c2ccccc21.[HH]. The highest BCUT2D eigenvalue weighted by Crippen LogP contribution is 2.26. The van der Waals surface area contributed by atoms with Crippen LogP contribution in [0, 0.1) is 60.4 Å². The van der Waals surface area contributed by atoms with Gasteiger partial charge in [0.1, 0.15) is 11.5 Å². The molecule has 12 N–H and O–H groups in total. The van der Waals surface area contributed by atoms with Gasteiger partial charge in [-0.2, -0.15) is 0 Å². The number of ether oxygens (including phenoxy) is 2. The summed E-state index contributed by atoms with van der Waals surface area (Å²) in [6, 6.07) is 85.8. The van der Waals surface area contributed by atoms with E-state index in [0.717, 1.165) is 44.5 Å². The summed E-state index contributed by atoms with van der Waals surface area (Å²) in [6.07, 6.45) is 22.7. The van der Waals surface area contributed by atoms with Crippen molar-refractivity contribution in [3.05, 3.63) is 346 Å². The van der Waals surface area contributed by atoms with E-state index in [9.17, 15) is 52.7 Å². The number of hydroxylamine groups is 1. The number of hydrogen-bond donors (Lipinski definition) is 11. The van der Waals surface area contributed by atoms with Crippen molar-refractivity contribution in [1.82, 2.24) is 42.0 Å². The van der Waals surface area contributed by atoms with Crippen LogP contribution >= 0.6 is 23.2 Å². The third-order valence-electron chi connectivity index (χ3n) is 17.8. The number of esters is 2. The van der Waals surface area contributed by atoms with Crippen LogP contribution in [0.15, 0.2) is 293 Å². The summed E-state index contributed by atoms with van der Waals surface area (Å²) in [7, 11) is 0. The fourth-order valence-corrected chi connectivity index (χ4v) is 11.6. The van der Waals surface area contributed by atoms with E-state index in [-0.39, 0.29) is 74.0 Å². The molecular formula is C102H98Cl2N12O18. The summed E-state index contributed by atoms with van der Waals surface area (Å²) in [5.41, 5.74) is 29.0. The lowest BCUT2D eigenvalue weighted by atomic mass is 10.0. The van der Waals surface area contributed by atoms with Gasteiger partial charge in [-0.05, 0) is 137 Å². The van der Waals surface area contributed by atoms with Crippen LogP contribution in [0.1, 0.15) is 156 Å². The van der Waals surface area contributed by atoms with E-state index in [2.05, 4.69) is 65.2 Å². The maximum absolute atomic E-state index is 12.4. The molecule has 0 radical (unpaired) electrons. The number of halogens is 2. The number of fused-ring (bicyclic) bond motifs is 2. The zero-order valence-electron chi connectivity index (χ0n) is 72.9. The molecule has 14 rings (SSSR count). The number of benzene rings is 10. The highest BCUT2D eigenvalue weighted by atomic mass is 35.5. The normalized spacial score (nSPS) is 10.6. The molecule has 32 heteroatoms. The van der Waals surface area contributed by atoms with Crippen molar-refractivity contribution in [3.8, 4) is 93.9 Å². The highest BCUT2D eigenvalue weighted by Gasteiger charge is 2.34.